The molecule has 4 heteroatoms. The highest BCUT2D eigenvalue weighted by molar-refractivity contribution is 5.82. The number of carboxylic acid groups (broad SMARTS) is 1. The van der Waals surface area contributed by atoms with Gasteiger partial charge in [-0.3, -0.25) is 4.98 Å². The van der Waals surface area contributed by atoms with E-state index in [1.54, 1.807) is 25.1 Å². The molecule has 0 aliphatic heterocycles. The van der Waals surface area contributed by atoms with Gasteiger partial charge < -0.3 is 10.0 Å². The van der Waals surface area contributed by atoms with Crippen LogP contribution in [-0.4, -0.2) is 29.1 Å². The molecule has 0 bridgehead atoms. The molecule has 2 rings (SSSR count). The van der Waals surface area contributed by atoms with Crippen molar-refractivity contribution in [2.45, 2.75) is 13.0 Å². The zero-order valence-corrected chi connectivity index (χ0v) is 10.9. The first-order chi connectivity index (χ1) is 9.11. The fourth-order valence-corrected chi connectivity index (χ4v) is 1.87. The summed E-state index contributed by atoms with van der Waals surface area (Å²) in [6.07, 6.45) is 1.71. The number of aliphatic carboxylic acids is 1. The van der Waals surface area contributed by atoms with Gasteiger partial charge in [0.25, 0.3) is 0 Å². The SMILES string of the molecule is CC(C(=O)O)N(C)c1cccnc1-c1ccccc1. The number of nitrogens with zero attached hydrogens (tertiary/aromatic N) is 2. The zero-order chi connectivity index (χ0) is 13.8. The Morgan fingerprint density at radius 3 is 2.53 bits per heavy atom. The molecule has 0 aliphatic rings. The Hall–Kier alpha value is -2.36. The highest BCUT2D eigenvalue weighted by Crippen LogP contribution is 2.28. The van der Waals surface area contributed by atoms with Crippen LogP contribution in [0.2, 0.25) is 0 Å². The lowest BCUT2D eigenvalue weighted by atomic mass is 10.1. The van der Waals surface area contributed by atoms with Crippen molar-refractivity contribution < 1.29 is 9.90 Å². The second-order valence-electron chi connectivity index (χ2n) is 4.36. The van der Waals surface area contributed by atoms with Crippen molar-refractivity contribution in [3.8, 4) is 11.3 Å². The van der Waals surface area contributed by atoms with E-state index in [4.69, 9.17) is 5.11 Å². The van der Waals surface area contributed by atoms with Crippen molar-refractivity contribution in [2.75, 3.05) is 11.9 Å². The van der Waals surface area contributed by atoms with Crippen molar-refractivity contribution in [2.24, 2.45) is 0 Å². The summed E-state index contributed by atoms with van der Waals surface area (Å²) in [6.45, 7) is 1.66. The molecule has 0 saturated carbocycles. The lowest BCUT2D eigenvalue weighted by molar-refractivity contribution is -0.138. The molecule has 1 atom stereocenters. The standard InChI is InChI=1S/C15H16N2O2/c1-11(15(18)19)17(2)13-9-6-10-16-14(13)12-7-4-3-5-8-12/h3-11H,1-2H3,(H,18,19). The molecule has 1 unspecified atom stereocenters. The second kappa shape index (κ2) is 5.52. The number of carbonyl (C=O) groups is 1. The van der Waals surface area contributed by atoms with E-state index in [-0.39, 0.29) is 0 Å². The second-order valence-corrected chi connectivity index (χ2v) is 4.36. The number of hydrogen-bond donors (Lipinski definition) is 1. The van der Waals surface area contributed by atoms with Crippen LogP contribution in [0.1, 0.15) is 6.92 Å². The predicted octanol–water partition coefficient (Wildman–Crippen LogP) is 2.66. The van der Waals surface area contributed by atoms with E-state index in [1.165, 1.54) is 0 Å². The summed E-state index contributed by atoms with van der Waals surface area (Å²) in [5.41, 5.74) is 2.57. The first-order valence-electron chi connectivity index (χ1n) is 6.07. The maximum Gasteiger partial charge on any atom is 0.326 e. The summed E-state index contributed by atoms with van der Waals surface area (Å²) < 4.78 is 0. The number of pyridine rings is 1. The van der Waals surface area contributed by atoms with E-state index < -0.39 is 12.0 Å². The molecule has 1 heterocycles. The van der Waals surface area contributed by atoms with Crippen molar-refractivity contribution in [1.29, 1.82) is 0 Å². The minimum absolute atomic E-state index is 0.605. The molecule has 98 valence electrons. The Labute approximate surface area is 112 Å². The van der Waals surface area contributed by atoms with Gasteiger partial charge in [0.15, 0.2) is 0 Å². The molecule has 1 aromatic carbocycles. The number of carboxylic acids is 1. The Morgan fingerprint density at radius 1 is 1.21 bits per heavy atom. The van der Waals surface area contributed by atoms with Gasteiger partial charge >= 0.3 is 5.97 Å². The van der Waals surface area contributed by atoms with Crippen LogP contribution in [0.15, 0.2) is 48.7 Å². The fourth-order valence-electron chi connectivity index (χ4n) is 1.87. The van der Waals surface area contributed by atoms with E-state index >= 15 is 0 Å². The third-order valence-corrected chi connectivity index (χ3v) is 3.15. The highest BCUT2D eigenvalue weighted by atomic mass is 16.4. The van der Waals surface area contributed by atoms with E-state index in [0.29, 0.717) is 0 Å². The van der Waals surface area contributed by atoms with E-state index in [9.17, 15) is 4.79 Å². The maximum atomic E-state index is 11.1. The minimum Gasteiger partial charge on any atom is -0.480 e. The van der Waals surface area contributed by atoms with Gasteiger partial charge in [-0.2, -0.15) is 0 Å². The number of hydrogen-bond acceptors (Lipinski definition) is 3. The topological polar surface area (TPSA) is 53.4 Å². The number of benzene rings is 1. The highest BCUT2D eigenvalue weighted by Gasteiger charge is 2.20. The van der Waals surface area contributed by atoms with Gasteiger partial charge in [0.2, 0.25) is 0 Å². The largest absolute Gasteiger partial charge is 0.480 e. The van der Waals surface area contributed by atoms with E-state index in [1.807, 2.05) is 42.5 Å². The molecule has 1 aromatic heterocycles. The summed E-state index contributed by atoms with van der Waals surface area (Å²) in [7, 11) is 1.77. The zero-order valence-electron chi connectivity index (χ0n) is 10.9. The number of rotatable bonds is 4. The number of anilines is 1. The maximum absolute atomic E-state index is 11.1. The molecule has 0 saturated heterocycles. The van der Waals surface area contributed by atoms with Crippen LogP contribution in [0, 0.1) is 0 Å². The minimum atomic E-state index is -0.856. The van der Waals surface area contributed by atoms with Crippen molar-refractivity contribution >= 4 is 11.7 Å². The summed E-state index contributed by atoms with van der Waals surface area (Å²) in [6, 6.07) is 12.8. The van der Waals surface area contributed by atoms with Gasteiger partial charge in [0, 0.05) is 18.8 Å². The van der Waals surface area contributed by atoms with Crippen LogP contribution >= 0.6 is 0 Å². The van der Waals surface area contributed by atoms with E-state index in [0.717, 1.165) is 16.9 Å². The van der Waals surface area contributed by atoms with Gasteiger partial charge in [-0.1, -0.05) is 30.3 Å². The normalized spacial score (nSPS) is 11.9. The van der Waals surface area contributed by atoms with Gasteiger partial charge in [-0.25, -0.2) is 4.79 Å². The summed E-state index contributed by atoms with van der Waals surface area (Å²) in [4.78, 5) is 17.2. The first-order valence-corrected chi connectivity index (χ1v) is 6.07. The molecular weight excluding hydrogens is 240 g/mol. The Bertz CT molecular complexity index is 569. The van der Waals surface area contributed by atoms with Gasteiger partial charge in [0.05, 0.1) is 11.4 Å². The van der Waals surface area contributed by atoms with Crippen LogP contribution in [-0.2, 0) is 4.79 Å². The molecule has 0 aliphatic carbocycles. The summed E-state index contributed by atoms with van der Waals surface area (Å²) in [5, 5.41) is 9.11. The van der Waals surface area contributed by atoms with Crippen LogP contribution in [0.4, 0.5) is 5.69 Å². The Morgan fingerprint density at radius 2 is 1.89 bits per heavy atom. The molecule has 1 N–H and O–H groups in total. The molecule has 0 radical (unpaired) electrons. The molecule has 19 heavy (non-hydrogen) atoms. The third-order valence-electron chi connectivity index (χ3n) is 3.15. The molecule has 0 fully saturated rings. The Kier molecular flexibility index (Phi) is 3.80. The molecule has 4 nitrogen and oxygen atoms in total. The van der Waals surface area contributed by atoms with Crippen LogP contribution in [0.5, 0.6) is 0 Å². The molecular formula is C15H16N2O2. The molecule has 0 amide bonds. The summed E-state index contributed by atoms with van der Waals surface area (Å²) in [5.74, 6) is -0.856. The van der Waals surface area contributed by atoms with Crippen molar-refractivity contribution in [1.82, 2.24) is 4.98 Å². The van der Waals surface area contributed by atoms with Crippen LogP contribution < -0.4 is 4.90 Å². The monoisotopic (exact) mass is 256 g/mol. The average Bonchev–Trinajstić information content (AvgIpc) is 2.46. The molecule has 2 aromatic rings. The fraction of sp³-hybridized carbons (Fsp3) is 0.200. The number of likely N-dealkylation sites (N-methyl/N-ethyl adjacent to an activating group) is 1. The van der Waals surface area contributed by atoms with Gasteiger partial charge in [-0.05, 0) is 19.1 Å². The third kappa shape index (κ3) is 2.73. The number of aromatic nitrogens is 1. The predicted molar refractivity (Wildman–Crippen MR) is 75.2 cm³/mol. The first kappa shape index (κ1) is 13.1. The Balaban J connectivity index is 2.45. The van der Waals surface area contributed by atoms with E-state index in [2.05, 4.69) is 4.98 Å². The molecule has 0 spiro atoms. The average molecular weight is 256 g/mol. The lowest BCUT2D eigenvalue weighted by Gasteiger charge is -2.25. The summed E-state index contributed by atoms with van der Waals surface area (Å²) >= 11 is 0. The smallest absolute Gasteiger partial charge is 0.326 e. The lowest BCUT2D eigenvalue weighted by Crippen LogP contribution is -2.36. The van der Waals surface area contributed by atoms with Crippen LogP contribution in [0.3, 0.4) is 0 Å². The van der Waals surface area contributed by atoms with Crippen molar-refractivity contribution in [3.05, 3.63) is 48.7 Å². The van der Waals surface area contributed by atoms with Gasteiger partial charge in [-0.15, -0.1) is 0 Å². The van der Waals surface area contributed by atoms with Crippen LogP contribution in [0.25, 0.3) is 11.3 Å². The quantitative estimate of drug-likeness (QED) is 0.913. The van der Waals surface area contributed by atoms with Gasteiger partial charge in [0.1, 0.15) is 6.04 Å². The van der Waals surface area contributed by atoms with Crippen molar-refractivity contribution in [3.63, 3.8) is 0 Å².